The number of ketones is 2. The molecule has 0 aromatic heterocycles. The van der Waals surface area contributed by atoms with E-state index in [2.05, 4.69) is 9.98 Å². The number of ether oxygens (including phenoxy) is 4. The van der Waals surface area contributed by atoms with Crippen molar-refractivity contribution >= 4 is 24.0 Å². The molecule has 8 heteroatoms. The van der Waals surface area contributed by atoms with Crippen LogP contribution in [-0.4, -0.2) is 50.7 Å². The highest BCUT2D eigenvalue weighted by Gasteiger charge is 2.17. The first-order valence-corrected chi connectivity index (χ1v) is 10.6. The van der Waals surface area contributed by atoms with Crippen LogP contribution < -0.4 is 18.9 Å². The molecule has 0 unspecified atom stereocenters. The lowest BCUT2D eigenvalue weighted by atomic mass is 10.1. The van der Waals surface area contributed by atoms with Crippen LogP contribution >= 0.6 is 0 Å². The topological polar surface area (TPSA) is 95.8 Å². The Morgan fingerprint density at radius 1 is 0.647 bits per heavy atom. The molecule has 2 aliphatic rings. The van der Waals surface area contributed by atoms with E-state index < -0.39 is 0 Å². The Morgan fingerprint density at radius 2 is 1.12 bits per heavy atom. The number of nitrogens with zero attached hydrogens (tertiary/aromatic N) is 2. The van der Waals surface area contributed by atoms with Gasteiger partial charge in [0.1, 0.15) is 13.1 Å². The fourth-order valence-electron chi connectivity index (χ4n) is 3.51. The zero-order valence-corrected chi connectivity index (χ0v) is 18.1. The van der Waals surface area contributed by atoms with Gasteiger partial charge < -0.3 is 18.9 Å². The normalized spacial score (nSPS) is 13.6. The van der Waals surface area contributed by atoms with Gasteiger partial charge in [0.15, 0.2) is 34.6 Å². The lowest BCUT2D eigenvalue weighted by molar-refractivity contribution is 0.0994. The number of carbonyl (C=O) groups is 2. The number of carbonyl (C=O) groups excluding carboxylic acids is 2. The van der Waals surface area contributed by atoms with E-state index >= 15 is 0 Å². The summed E-state index contributed by atoms with van der Waals surface area (Å²) in [6, 6.07) is 17.7. The minimum Gasteiger partial charge on any atom is -0.454 e. The van der Waals surface area contributed by atoms with Gasteiger partial charge in [-0.2, -0.15) is 0 Å². The average Bonchev–Trinajstić information content (AvgIpc) is 3.52. The summed E-state index contributed by atoms with van der Waals surface area (Å²) >= 11 is 0. The Balaban J connectivity index is 1.16. The number of aliphatic imine (C=N–C) groups is 2. The largest absolute Gasteiger partial charge is 0.454 e. The minimum absolute atomic E-state index is 0.0159. The van der Waals surface area contributed by atoms with Crippen molar-refractivity contribution in [2.45, 2.75) is 0 Å². The van der Waals surface area contributed by atoms with Gasteiger partial charge in [-0.1, -0.05) is 18.2 Å². The summed E-state index contributed by atoms with van der Waals surface area (Å²) in [6.45, 7) is 0.360. The molecule has 0 saturated carbocycles. The van der Waals surface area contributed by atoms with Crippen molar-refractivity contribution in [3.63, 3.8) is 0 Å². The number of hydrogen-bond acceptors (Lipinski definition) is 8. The molecule has 0 amide bonds. The molecule has 0 N–H and O–H groups in total. The van der Waals surface area contributed by atoms with Gasteiger partial charge in [0.25, 0.3) is 0 Å². The van der Waals surface area contributed by atoms with Gasteiger partial charge in [-0.15, -0.1) is 0 Å². The Kier molecular flexibility index (Phi) is 6.03. The summed E-state index contributed by atoms with van der Waals surface area (Å²) in [5.74, 6) is 2.17. The SMILES string of the molecule is O=C(CN=Cc1cccc(C=NCC(=O)c2ccc3c(c2)OCO3)c1)c1ccc2c(c1)OCO2. The van der Waals surface area contributed by atoms with Crippen LogP contribution in [-0.2, 0) is 0 Å². The fourth-order valence-corrected chi connectivity index (χ4v) is 3.51. The van der Waals surface area contributed by atoms with Gasteiger partial charge >= 0.3 is 0 Å². The quantitative estimate of drug-likeness (QED) is 0.378. The molecule has 0 saturated heterocycles. The maximum Gasteiger partial charge on any atom is 0.231 e. The van der Waals surface area contributed by atoms with Gasteiger partial charge in [-0.25, -0.2) is 0 Å². The number of fused-ring (bicyclic) bond motifs is 2. The first kappa shape index (κ1) is 21.4. The summed E-state index contributed by atoms with van der Waals surface area (Å²) in [4.78, 5) is 33.3. The number of rotatable bonds is 8. The monoisotopic (exact) mass is 456 g/mol. The second-order valence-corrected chi connectivity index (χ2v) is 7.59. The standard InChI is InChI=1S/C26H20N2O6/c29-21(19-4-6-23-25(9-19)33-15-31-23)13-27-11-17-2-1-3-18(8-17)12-28-14-22(30)20-5-7-24-26(10-20)34-16-32-24/h1-12H,13-16H2. The highest BCUT2D eigenvalue weighted by Crippen LogP contribution is 2.33. The van der Waals surface area contributed by atoms with Gasteiger partial charge in [0, 0.05) is 23.6 Å². The molecular formula is C26H20N2O6. The van der Waals surface area contributed by atoms with Gasteiger partial charge in [-0.3, -0.25) is 19.6 Å². The molecule has 8 nitrogen and oxygen atoms in total. The molecule has 3 aromatic rings. The van der Waals surface area contributed by atoms with E-state index in [4.69, 9.17) is 18.9 Å². The Bertz CT molecular complexity index is 1220. The van der Waals surface area contributed by atoms with E-state index in [0.717, 1.165) is 11.1 Å². The Hall–Kier alpha value is -4.46. The van der Waals surface area contributed by atoms with Crippen molar-refractivity contribution < 1.29 is 28.5 Å². The van der Waals surface area contributed by atoms with E-state index in [9.17, 15) is 9.59 Å². The molecule has 34 heavy (non-hydrogen) atoms. The molecule has 5 rings (SSSR count). The second-order valence-electron chi connectivity index (χ2n) is 7.59. The number of benzene rings is 3. The molecule has 0 fully saturated rings. The molecule has 0 aliphatic carbocycles. The third-order valence-corrected chi connectivity index (χ3v) is 5.25. The maximum absolute atomic E-state index is 12.4. The summed E-state index contributed by atoms with van der Waals surface area (Å²) in [5, 5.41) is 0. The van der Waals surface area contributed by atoms with Crippen molar-refractivity contribution in [2.75, 3.05) is 26.7 Å². The van der Waals surface area contributed by atoms with Crippen LogP contribution in [0.3, 0.4) is 0 Å². The van der Waals surface area contributed by atoms with Crippen LogP contribution in [0.5, 0.6) is 23.0 Å². The van der Waals surface area contributed by atoms with Crippen LogP contribution in [0, 0.1) is 0 Å². The average molecular weight is 456 g/mol. The summed E-state index contributed by atoms with van der Waals surface area (Å²) in [6.07, 6.45) is 3.28. The third kappa shape index (κ3) is 4.80. The smallest absolute Gasteiger partial charge is 0.231 e. The van der Waals surface area contributed by atoms with Gasteiger partial charge in [0.05, 0.1) is 0 Å². The molecule has 0 bridgehead atoms. The van der Waals surface area contributed by atoms with Crippen molar-refractivity contribution in [2.24, 2.45) is 9.98 Å². The third-order valence-electron chi connectivity index (χ3n) is 5.25. The van der Waals surface area contributed by atoms with Crippen molar-refractivity contribution in [3.05, 3.63) is 82.9 Å². The molecular weight excluding hydrogens is 436 g/mol. The van der Waals surface area contributed by atoms with E-state index in [0.29, 0.717) is 34.1 Å². The molecule has 170 valence electrons. The Labute approximate surface area is 195 Å². The van der Waals surface area contributed by atoms with E-state index in [1.807, 2.05) is 24.3 Å². The first-order chi connectivity index (χ1) is 16.7. The molecule has 2 aliphatic heterocycles. The summed E-state index contributed by atoms with van der Waals surface area (Å²) < 4.78 is 21.1. The zero-order chi connectivity index (χ0) is 23.3. The minimum atomic E-state index is -0.116. The fraction of sp³-hybridized carbons (Fsp3) is 0.154. The number of Topliss-reactive ketones (excluding diaryl/α,β-unsaturated/α-hetero) is 2. The maximum atomic E-state index is 12.4. The van der Waals surface area contributed by atoms with Crippen LogP contribution in [0.1, 0.15) is 31.8 Å². The predicted octanol–water partition coefficient (Wildman–Crippen LogP) is 3.75. The highest BCUT2D eigenvalue weighted by atomic mass is 16.7. The summed E-state index contributed by atoms with van der Waals surface area (Å²) in [7, 11) is 0. The van der Waals surface area contributed by atoms with Crippen molar-refractivity contribution in [1.29, 1.82) is 0 Å². The lowest BCUT2D eigenvalue weighted by Crippen LogP contribution is -2.04. The van der Waals surface area contributed by atoms with Gasteiger partial charge in [0.2, 0.25) is 13.6 Å². The van der Waals surface area contributed by atoms with Crippen molar-refractivity contribution in [1.82, 2.24) is 0 Å². The second kappa shape index (κ2) is 9.58. The van der Waals surface area contributed by atoms with Crippen LogP contribution in [0.4, 0.5) is 0 Å². The van der Waals surface area contributed by atoms with Gasteiger partial charge in [-0.05, 0) is 53.6 Å². The first-order valence-electron chi connectivity index (χ1n) is 10.6. The Morgan fingerprint density at radius 3 is 1.62 bits per heavy atom. The predicted molar refractivity (Wildman–Crippen MR) is 125 cm³/mol. The van der Waals surface area contributed by atoms with E-state index in [1.54, 1.807) is 48.8 Å². The number of hydrogen-bond donors (Lipinski definition) is 0. The summed E-state index contributed by atoms with van der Waals surface area (Å²) in [5.41, 5.74) is 2.69. The lowest BCUT2D eigenvalue weighted by Gasteiger charge is -2.01. The van der Waals surface area contributed by atoms with Crippen molar-refractivity contribution in [3.8, 4) is 23.0 Å². The van der Waals surface area contributed by atoms with Crippen LogP contribution in [0.25, 0.3) is 0 Å². The molecule has 0 atom stereocenters. The van der Waals surface area contributed by atoms with Crippen LogP contribution in [0.2, 0.25) is 0 Å². The van der Waals surface area contributed by atoms with E-state index in [1.165, 1.54) is 0 Å². The molecule has 0 spiro atoms. The van der Waals surface area contributed by atoms with Crippen LogP contribution in [0.15, 0.2) is 70.6 Å². The molecule has 3 aromatic carbocycles. The van der Waals surface area contributed by atoms with E-state index in [-0.39, 0.29) is 38.2 Å². The highest BCUT2D eigenvalue weighted by molar-refractivity contribution is 6.00. The molecule has 0 radical (unpaired) electrons. The molecule has 2 heterocycles. The zero-order valence-electron chi connectivity index (χ0n) is 18.1.